The van der Waals surface area contributed by atoms with Crippen LogP contribution < -0.4 is 10.6 Å². The van der Waals surface area contributed by atoms with Crippen LogP contribution in [0.2, 0.25) is 10.0 Å². The van der Waals surface area contributed by atoms with E-state index in [-0.39, 0.29) is 11.3 Å². The van der Waals surface area contributed by atoms with Crippen LogP contribution in [0.5, 0.6) is 0 Å². The zero-order valence-electron chi connectivity index (χ0n) is 15.5. The highest BCUT2D eigenvalue weighted by atomic mass is 35.5. The van der Waals surface area contributed by atoms with E-state index in [1.807, 2.05) is 0 Å². The first-order valence-electron chi connectivity index (χ1n) is 8.90. The van der Waals surface area contributed by atoms with Gasteiger partial charge in [-0.25, -0.2) is 4.98 Å². The van der Waals surface area contributed by atoms with Crippen LogP contribution in [0.1, 0.15) is 15.9 Å². The maximum absolute atomic E-state index is 12.9. The summed E-state index contributed by atoms with van der Waals surface area (Å²) < 4.78 is 38.6. The number of hydrogen-bond acceptors (Lipinski definition) is 3. The maximum atomic E-state index is 12.9. The highest BCUT2D eigenvalue weighted by Gasteiger charge is 2.30. The number of benzene rings is 3. The predicted molar refractivity (Wildman–Crippen MR) is 115 cm³/mol. The highest BCUT2D eigenvalue weighted by molar-refractivity contribution is 6.39. The lowest BCUT2D eigenvalue weighted by atomic mass is 10.1. The number of imidazole rings is 1. The summed E-state index contributed by atoms with van der Waals surface area (Å²) in [5.41, 5.74) is 1.02. The predicted octanol–water partition coefficient (Wildman–Crippen LogP) is 6.88. The smallest absolute Gasteiger partial charge is 0.324 e. The summed E-state index contributed by atoms with van der Waals surface area (Å²) in [7, 11) is 0. The molecule has 0 spiro atoms. The average Bonchev–Trinajstić information content (AvgIpc) is 3.12. The number of H-pyrrole nitrogens is 1. The van der Waals surface area contributed by atoms with Crippen LogP contribution >= 0.6 is 23.2 Å². The molecule has 0 aliphatic heterocycles. The molecule has 3 aromatic carbocycles. The van der Waals surface area contributed by atoms with E-state index in [0.717, 1.165) is 12.1 Å². The molecule has 158 valence electrons. The van der Waals surface area contributed by atoms with Gasteiger partial charge in [0, 0.05) is 11.3 Å². The number of nitrogens with one attached hydrogen (secondary N) is 3. The lowest BCUT2D eigenvalue weighted by Crippen LogP contribution is -2.13. The molecule has 31 heavy (non-hydrogen) atoms. The summed E-state index contributed by atoms with van der Waals surface area (Å²) >= 11 is 12.3. The third-order valence-corrected chi connectivity index (χ3v) is 5.03. The van der Waals surface area contributed by atoms with Gasteiger partial charge in [0.2, 0.25) is 5.95 Å². The molecule has 0 aliphatic rings. The van der Waals surface area contributed by atoms with E-state index < -0.39 is 17.6 Å². The molecule has 1 aromatic heterocycles. The van der Waals surface area contributed by atoms with Gasteiger partial charge >= 0.3 is 6.18 Å². The molecule has 0 bridgehead atoms. The molecule has 1 amide bonds. The number of amides is 1. The van der Waals surface area contributed by atoms with Crippen LogP contribution in [0, 0.1) is 0 Å². The third kappa shape index (κ3) is 4.60. The Morgan fingerprint density at radius 2 is 1.68 bits per heavy atom. The number of rotatable bonds is 4. The van der Waals surface area contributed by atoms with Crippen molar-refractivity contribution < 1.29 is 18.0 Å². The van der Waals surface area contributed by atoms with Crippen LogP contribution in [-0.2, 0) is 6.18 Å². The van der Waals surface area contributed by atoms with Gasteiger partial charge in [-0.15, -0.1) is 0 Å². The Balaban J connectivity index is 1.56. The summed E-state index contributed by atoms with van der Waals surface area (Å²) in [6.07, 6.45) is -4.50. The largest absolute Gasteiger partial charge is 0.416 e. The number of fused-ring (bicyclic) bond motifs is 1. The van der Waals surface area contributed by atoms with Crippen molar-refractivity contribution in [3.63, 3.8) is 0 Å². The fourth-order valence-electron chi connectivity index (χ4n) is 2.92. The molecule has 3 N–H and O–H groups in total. The normalized spacial score (nSPS) is 11.5. The standard InChI is InChI=1S/C21H13Cl2F3N4O/c22-14-5-2-6-15(23)18(14)30-20-28-16-8-7-11(9-17(16)29-20)19(31)27-13-4-1-3-12(10-13)21(24,25)26/h1-10H,(H,27,31)(H2,28,29,30). The van der Waals surface area contributed by atoms with Crippen LogP contribution in [-0.4, -0.2) is 15.9 Å². The highest BCUT2D eigenvalue weighted by Crippen LogP contribution is 2.33. The fourth-order valence-corrected chi connectivity index (χ4v) is 3.41. The monoisotopic (exact) mass is 464 g/mol. The Morgan fingerprint density at radius 3 is 2.39 bits per heavy atom. The number of nitrogens with zero attached hydrogens (tertiary/aromatic N) is 1. The van der Waals surface area contributed by atoms with Crippen LogP contribution in [0.4, 0.5) is 30.5 Å². The molecule has 4 aromatic rings. The second kappa shape index (κ2) is 8.13. The van der Waals surface area contributed by atoms with Crippen molar-refractivity contribution >= 4 is 57.5 Å². The lowest BCUT2D eigenvalue weighted by Gasteiger charge is -2.10. The van der Waals surface area contributed by atoms with Crippen LogP contribution in [0.15, 0.2) is 60.7 Å². The maximum Gasteiger partial charge on any atom is 0.416 e. The van der Waals surface area contributed by atoms with Gasteiger partial charge in [0.1, 0.15) is 0 Å². The number of aromatic nitrogens is 2. The van der Waals surface area contributed by atoms with Gasteiger partial charge in [0.25, 0.3) is 5.91 Å². The zero-order chi connectivity index (χ0) is 22.2. The number of aromatic amines is 1. The van der Waals surface area contributed by atoms with E-state index in [9.17, 15) is 18.0 Å². The van der Waals surface area contributed by atoms with Crippen molar-refractivity contribution in [1.82, 2.24) is 9.97 Å². The minimum absolute atomic E-state index is 0.0395. The number of anilines is 3. The summed E-state index contributed by atoms with van der Waals surface area (Å²) in [4.78, 5) is 19.9. The summed E-state index contributed by atoms with van der Waals surface area (Å²) in [6, 6.07) is 14.2. The average molecular weight is 465 g/mol. The summed E-state index contributed by atoms with van der Waals surface area (Å²) in [6.45, 7) is 0. The second-order valence-electron chi connectivity index (χ2n) is 6.57. The molecule has 1 heterocycles. The number of carbonyl (C=O) groups excluding carboxylic acids is 1. The number of halogens is 5. The molecule has 4 rings (SSSR count). The molecule has 0 radical (unpaired) electrons. The first-order valence-corrected chi connectivity index (χ1v) is 9.66. The van der Waals surface area contributed by atoms with Gasteiger partial charge in [-0.3, -0.25) is 4.79 Å². The molecular formula is C21H13Cl2F3N4O. The van der Waals surface area contributed by atoms with E-state index in [4.69, 9.17) is 23.2 Å². The van der Waals surface area contributed by atoms with Gasteiger partial charge in [-0.1, -0.05) is 35.3 Å². The topological polar surface area (TPSA) is 69.8 Å². The van der Waals surface area contributed by atoms with Crippen LogP contribution in [0.3, 0.4) is 0 Å². The molecule has 0 fully saturated rings. The molecule has 10 heteroatoms. The van der Waals surface area contributed by atoms with Gasteiger partial charge in [0.05, 0.1) is 32.3 Å². The van der Waals surface area contributed by atoms with Crippen LogP contribution in [0.25, 0.3) is 11.0 Å². The number of carbonyl (C=O) groups is 1. The number of hydrogen-bond donors (Lipinski definition) is 3. The Morgan fingerprint density at radius 1 is 0.968 bits per heavy atom. The number of alkyl halides is 3. The molecule has 0 saturated carbocycles. The van der Waals surface area contributed by atoms with Crippen molar-refractivity contribution in [2.45, 2.75) is 6.18 Å². The van der Waals surface area contributed by atoms with E-state index in [0.29, 0.717) is 32.7 Å². The van der Waals surface area contributed by atoms with E-state index in [1.165, 1.54) is 24.3 Å². The van der Waals surface area contributed by atoms with Crippen molar-refractivity contribution in [1.29, 1.82) is 0 Å². The molecule has 0 saturated heterocycles. The molecule has 5 nitrogen and oxygen atoms in total. The van der Waals surface area contributed by atoms with Gasteiger partial charge < -0.3 is 15.6 Å². The van der Waals surface area contributed by atoms with E-state index in [1.54, 1.807) is 24.3 Å². The van der Waals surface area contributed by atoms with E-state index >= 15 is 0 Å². The van der Waals surface area contributed by atoms with Crippen molar-refractivity contribution in [3.8, 4) is 0 Å². The summed E-state index contributed by atoms with van der Waals surface area (Å²) in [5, 5.41) is 6.29. The van der Waals surface area contributed by atoms with Crippen molar-refractivity contribution in [3.05, 3.63) is 81.8 Å². The molecule has 0 unspecified atom stereocenters. The lowest BCUT2D eigenvalue weighted by molar-refractivity contribution is -0.137. The Kier molecular flexibility index (Phi) is 5.51. The first-order chi connectivity index (χ1) is 14.7. The molecular weight excluding hydrogens is 452 g/mol. The minimum atomic E-state index is -4.50. The fraction of sp³-hybridized carbons (Fsp3) is 0.0476. The Labute approximate surface area is 184 Å². The van der Waals surface area contributed by atoms with Gasteiger partial charge in [0.15, 0.2) is 0 Å². The Hall–Kier alpha value is -3.23. The second-order valence-corrected chi connectivity index (χ2v) is 7.39. The number of para-hydroxylation sites is 1. The summed E-state index contributed by atoms with van der Waals surface area (Å²) in [5.74, 6) is -0.201. The van der Waals surface area contributed by atoms with Crippen molar-refractivity contribution in [2.75, 3.05) is 10.6 Å². The Bertz CT molecular complexity index is 1270. The SMILES string of the molecule is O=C(Nc1cccc(C(F)(F)F)c1)c1ccc2[nH]c(Nc3c(Cl)cccc3Cl)nc2c1. The quantitative estimate of drug-likeness (QED) is 0.308. The van der Waals surface area contributed by atoms with E-state index in [2.05, 4.69) is 20.6 Å². The minimum Gasteiger partial charge on any atom is -0.324 e. The first kappa shape index (κ1) is 21.0. The molecule has 0 aliphatic carbocycles. The third-order valence-electron chi connectivity index (χ3n) is 4.40. The zero-order valence-corrected chi connectivity index (χ0v) is 17.0. The van der Waals surface area contributed by atoms with Gasteiger partial charge in [-0.2, -0.15) is 13.2 Å². The van der Waals surface area contributed by atoms with Gasteiger partial charge in [-0.05, 0) is 48.5 Å². The van der Waals surface area contributed by atoms with Crippen molar-refractivity contribution in [2.24, 2.45) is 0 Å². The molecule has 0 atom stereocenters.